The highest BCUT2D eigenvalue weighted by molar-refractivity contribution is 5.87. The van der Waals surface area contributed by atoms with Crippen molar-refractivity contribution in [1.29, 1.82) is 0 Å². The monoisotopic (exact) mass is 189 g/mol. The number of hydrogen-bond acceptors (Lipinski definition) is 3. The van der Waals surface area contributed by atoms with Gasteiger partial charge in [-0.1, -0.05) is 0 Å². The van der Waals surface area contributed by atoms with Crippen LogP contribution in [0.15, 0.2) is 0 Å². The Bertz CT molecular complexity index is 221. The Balaban J connectivity index is 0.000000310. The van der Waals surface area contributed by atoms with Crippen LogP contribution in [0.25, 0.3) is 0 Å². The topological polar surface area (TPSA) is 104 Å². The van der Waals surface area contributed by atoms with Crippen LogP contribution in [0.2, 0.25) is 0 Å². The van der Waals surface area contributed by atoms with E-state index < -0.39 is 18.0 Å². The number of carbonyl (C=O) groups is 3. The lowest BCUT2D eigenvalue weighted by atomic mass is 10.2. The second-order valence-electron chi connectivity index (χ2n) is 2.52. The number of amides is 1. The van der Waals surface area contributed by atoms with Crippen molar-refractivity contribution in [2.75, 3.05) is 0 Å². The van der Waals surface area contributed by atoms with Gasteiger partial charge < -0.3 is 15.5 Å². The lowest BCUT2D eigenvalue weighted by Crippen LogP contribution is -2.32. The smallest absolute Gasteiger partial charge is 0.326 e. The molecule has 1 fully saturated rings. The van der Waals surface area contributed by atoms with Gasteiger partial charge in [0.25, 0.3) is 5.97 Å². The van der Waals surface area contributed by atoms with E-state index in [1.807, 2.05) is 0 Å². The van der Waals surface area contributed by atoms with Crippen molar-refractivity contribution < 1.29 is 24.6 Å². The van der Waals surface area contributed by atoms with E-state index in [-0.39, 0.29) is 5.91 Å². The molecule has 0 spiro atoms. The van der Waals surface area contributed by atoms with Crippen LogP contribution in [0.1, 0.15) is 19.8 Å². The van der Waals surface area contributed by atoms with Crippen LogP contribution in [-0.4, -0.2) is 34.1 Å². The van der Waals surface area contributed by atoms with Gasteiger partial charge >= 0.3 is 5.97 Å². The average Bonchev–Trinajstić information content (AvgIpc) is 2.34. The molecule has 6 heteroatoms. The molecule has 1 saturated heterocycles. The number of carboxylic acids is 2. The molecule has 1 aliphatic heterocycles. The normalized spacial score (nSPS) is 19.8. The van der Waals surface area contributed by atoms with Gasteiger partial charge in [-0.3, -0.25) is 9.59 Å². The van der Waals surface area contributed by atoms with E-state index in [0.29, 0.717) is 12.8 Å². The zero-order valence-electron chi connectivity index (χ0n) is 7.11. The second-order valence-corrected chi connectivity index (χ2v) is 2.52. The average molecular weight is 189 g/mol. The first-order valence-corrected chi connectivity index (χ1v) is 3.65. The third-order valence-electron chi connectivity index (χ3n) is 1.29. The molecule has 1 amide bonds. The van der Waals surface area contributed by atoms with Crippen LogP contribution in [0.5, 0.6) is 0 Å². The van der Waals surface area contributed by atoms with Crippen molar-refractivity contribution in [3.63, 3.8) is 0 Å². The van der Waals surface area contributed by atoms with Gasteiger partial charge in [-0.15, -0.1) is 0 Å². The zero-order chi connectivity index (χ0) is 10.4. The maximum atomic E-state index is 10.4. The first kappa shape index (κ1) is 11.4. The van der Waals surface area contributed by atoms with Crippen LogP contribution in [0.4, 0.5) is 0 Å². The van der Waals surface area contributed by atoms with E-state index in [2.05, 4.69) is 5.32 Å². The number of carboxylic acid groups (broad SMARTS) is 2. The fourth-order valence-electron chi connectivity index (χ4n) is 0.799. The summed E-state index contributed by atoms with van der Waals surface area (Å²) in [4.78, 5) is 29.5. The molecule has 0 aromatic rings. The fourth-order valence-corrected chi connectivity index (χ4v) is 0.799. The number of rotatable bonds is 1. The Morgan fingerprint density at radius 3 is 2.08 bits per heavy atom. The summed E-state index contributed by atoms with van der Waals surface area (Å²) >= 11 is 0. The van der Waals surface area contributed by atoms with Crippen molar-refractivity contribution in [3.05, 3.63) is 0 Å². The summed E-state index contributed by atoms with van der Waals surface area (Å²) in [5, 5.41) is 18.0. The summed E-state index contributed by atoms with van der Waals surface area (Å²) in [5.74, 6) is -1.94. The Morgan fingerprint density at radius 1 is 1.46 bits per heavy atom. The Kier molecular flexibility index (Phi) is 4.50. The molecule has 6 nitrogen and oxygen atoms in total. The van der Waals surface area contributed by atoms with E-state index in [4.69, 9.17) is 15.0 Å². The highest BCUT2D eigenvalue weighted by Gasteiger charge is 2.26. The lowest BCUT2D eigenvalue weighted by molar-refractivity contribution is -0.140. The molecule has 1 rings (SSSR count). The van der Waals surface area contributed by atoms with Gasteiger partial charge in [0.15, 0.2) is 0 Å². The number of hydrogen-bond donors (Lipinski definition) is 3. The van der Waals surface area contributed by atoms with E-state index >= 15 is 0 Å². The van der Waals surface area contributed by atoms with Gasteiger partial charge in [0, 0.05) is 13.3 Å². The molecule has 0 unspecified atom stereocenters. The van der Waals surface area contributed by atoms with Crippen molar-refractivity contribution in [1.82, 2.24) is 5.32 Å². The molecule has 0 bridgehead atoms. The predicted octanol–water partition coefficient (Wildman–Crippen LogP) is -0.560. The minimum absolute atomic E-state index is 0.164. The van der Waals surface area contributed by atoms with Crippen LogP contribution in [0, 0.1) is 0 Å². The Morgan fingerprint density at radius 2 is 1.92 bits per heavy atom. The molecular formula is C7H11NO5. The minimum Gasteiger partial charge on any atom is -0.481 e. The minimum atomic E-state index is -0.944. The SMILES string of the molecule is CC(=O)O.O=C1CC[C@@H](C(=O)O)N1. The van der Waals surface area contributed by atoms with E-state index in [1.54, 1.807) is 0 Å². The van der Waals surface area contributed by atoms with Crippen molar-refractivity contribution in [3.8, 4) is 0 Å². The maximum Gasteiger partial charge on any atom is 0.326 e. The van der Waals surface area contributed by atoms with Gasteiger partial charge in [0.05, 0.1) is 0 Å². The van der Waals surface area contributed by atoms with Gasteiger partial charge in [0.2, 0.25) is 5.91 Å². The summed E-state index contributed by atoms with van der Waals surface area (Å²) in [6.45, 7) is 1.08. The molecule has 0 aliphatic carbocycles. The summed E-state index contributed by atoms with van der Waals surface area (Å²) < 4.78 is 0. The standard InChI is InChI=1S/C5H7NO3.C2H4O2/c7-4-2-1-3(6-4)5(8)9;1-2(3)4/h3H,1-2H2,(H,6,7)(H,8,9);1H3,(H,3,4)/t3-;/m0./s1. The van der Waals surface area contributed by atoms with E-state index in [1.165, 1.54) is 0 Å². The van der Waals surface area contributed by atoms with Gasteiger partial charge in [-0.05, 0) is 6.42 Å². The number of carbonyl (C=O) groups excluding carboxylic acids is 1. The zero-order valence-corrected chi connectivity index (χ0v) is 7.11. The highest BCUT2D eigenvalue weighted by atomic mass is 16.4. The Labute approximate surface area is 74.6 Å². The summed E-state index contributed by atoms with van der Waals surface area (Å²) in [6.07, 6.45) is 0.769. The lowest BCUT2D eigenvalue weighted by Gasteiger charge is -1.99. The van der Waals surface area contributed by atoms with Crippen LogP contribution < -0.4 is 5.32 Å². The molecule has 3 N–H and O–H groups in total. The summed E-state index contributed by atoms with van der Waals surface area (Å²) in [6, 6.07) is -0.641. The molecule has 74 valence electrons. The first-order valence-electron chi connectivity index (χ1n) is 3.65. The summed E-state index contributed by atoms with van der Waals surface area (Å²) in [7, 11) is 0. The van der Waals surface area contributed by atoms with Crippen LogP contribution >= 0.6 is 0 Å². The molecule has 0 radical (unpaired) electrons. The highest BCUT2D eigenvalue weighted by Crippen LogP contribution is 2.05. The summed E-state index contributed by atoms with van der Waals surface area (Å²) in [5.41, 5.74) is 0. The van der Waals surface area contributed by atoms with Gasteiger partial charge in [-0.25, -0.2) is 4.79 Å². The molecule has 1 aliphatic rings. The fraction of sp³-hybridized carbons (Fsp3) is 0.571. The molecule has 13 heavy (non-hydrogen) atoms. The van der Waals surface area contributed by atoms with Gasteiger partial charge in [-0.2, -0.15) is 0 Å². The van der Waals surface area contributed by atoms with E-state index in [0.717, 1.165) is 6.92 Å². The van der Waals surface area contributed by atoms with Crippen molar-refractivity contribution in [2.45, 2.75) is 25.8 Å². The maximum absolute atomic E-state index is 10.4. The third-order valence-corrected chi connectivity index (χ3v) is 1.29. The third kappa shape index (κ3) is 5.66. The van der Waals surface area contributed by atoms with Gasteiger partial charge in [0.1, 0.15) is 6.04 Å². The van der Waals surface area contributed by atoms with Crippen LogP contribution in [0.3, 0.4) is 0 Å². The number of aliphatic carboxylic acids is 2. The molecule has 1 atom stereocenters. The number of nitrogens with one attached hydrogen (secondary N) is 1. The largest absolute Gasteiger partial charge is 0.481 e. The predicted molar refractivity (Wildman–Crippen MR) is 42.1 cm³/mol. The molecular weight excluding hydrogens is 178 g/mol. The van der Waals surface area contributed by atoms with Crippen molar-refractivity contribution in [2.24, 2.45) is 0 Å². The molecule has 0 saturated carbocycles. The van der Waals surface area contributed by atoms with Crippen LogP contribution in [-0.2, 0) is 14.4 Å². The first-order chi connectivity index (χ1) is 5.93. The molecule has 0 aromatic carbocycles. The molecule has 1 heterocycles. The molecule has 0 aromatic heterocycles. The van der Waals surface area contributed by atoms with E-state index in [9.17, 15) is 9.59 Å². The quantitative estimate of drug-likeness (QED) is 0.513. The second kappa shape index (κ2) is 5.13. The Hall–Kier alpha value is -1.59. The van der Waals surface area contributed by atoms with Crippen molar-refractivity contribution >= 4 is 17.8 Å².